The summed E-state index contributed by atoms with van der Waals surface area (Å²) in [5, 5.41) is 11.4. The molecule has 1 N–H and O–H groups in total. The number of hydrogen-bond donors (Lipinski definition) is 1. The molecule has 0 aromatic heterocycles. The van der Waals surface area contributed by atoms with Crippen molar-refractivity contribution in [2.45, 2.75) is 12.5 Å². The highest BCUT2D eigenvalue weighted by Gasteiger charge is 2.39. The molecule has 0 unspecified atom stereocenters. The fourth-order valence-corrected chi connectivity index (χ4v) is 2.85. The lowest BCUT2D eigenvalue weighted by Crippen LogP contribution is -2.42. The highest BCUT2D eigenvalue weighted by Crippen LogP contribution is 2.20. The fourth-order valence-electron chi connectivity index (χ4n) is 2.85. The SMILES string of the molecule is N#Cc1cccc(C(=O)N2CC[C@H](N3C(=O)CNC3=O)C2)c1. The maximum Gasteiger partial charge on any atom is 0.324 e. The minimum Gasteiger partial charge on any atom is -0.336 e. The number of imide groups is 1. The number of nitrogens with zero attached hydrogens (tertiary/aromatic N) is 3. The molecule has 7 heteroatoms. The summed E-state index contributed by atoms with van der Waals surface area (Å²) in [6.07, 6.45) is 0.572. The van der Waals surface area contributed by atoms with Crippen LogP contribution in [0.25, 0.3) is 0 Å². The zero-order chi connectivity index (χ0) is 15.7. The Kier molecular flexibility index (Phi) is 3.51. The van der Waals surface area contributed by atoms with Gasteiger partial charge in [-0.3, -0.25) is 14.5 Å². The van der Waals surface area contributed by atoms with Gasteiger partial charge in [0.1, 0.15) is 0 Å². The Hall–Kier alpha value is -2.88. The van der Waals surface area contributed by atoms with Crippen molar-refractivity contribution in [2.75, 3.05) is 19.6 Å². The monoisotopic (exact) mass is 298 g/mol. The van der Waals surface area contributed by atoms with Gasteiger partial charge in [-0.15, -0.1) is 0 Å². The first-order valence-corrected chi connectivity index (χ1v) is 6.99. The van der Waals surface area contributed by atoms with E-state index in [4.69, 9.17) is 5.26 Å². The van der Waals surface area contributed by atoms with Gasteiger partial charge in [-0.05, 0) is 24.6 Å². The first-order chi connectivity index (χ1) is 10.6. The lowest BCUT2D eigenvalue weighted by Gasteiger charge is -2.21. The molecule has 2 saturated heterocycles. The van der Waals surface area contributed by atoms with Gasteiger partial charge in [0.2, 0.25) is 5.91 Å². The quantitative estimate of drug-likeness (QED) is 0.796. The van der Waals surface area contributed by atoms with E-state index in [1.54, 1.807) is 29.2 Å². The molecule has 2 heterocycles. The van der Waals surface area contributed by atoms with Crippen LogP contribution < -0.4 is 5.32 Å². The zero-order valence-corrected chi connectivity index (χ0v) is 11.8. The Morgan fingerprint density at radius 2 is 2.18 bits per heavy atom. The smallest absolute Gasteiger partial charge is 0.324 e. The minimum absolute atomic E-state index is 0.0213. The number of rotatable bonds is 2. The first kappa shape index (κ1) is 14.1. The predicted molar refractivity (Wildman–Crippen MR) is 75.7 cm³/mol. The molecule has 1 atom stereocenters. The van der Waals surface area contributed by atoms with E-state index >= 15 is 0 Å². The number of nitriles is 1. The molecule has 7 nitrogen and oxygen atoms in total. The largest absolute Gasteiger partial charge is 0.336 e. The van der Waals surface area contributed by atoms with E-state index in [-0.39, 0.29) is 24.4 Å². The number of carbonyl (C=O) groups is 3. The van der Waals surface area contributed by atoms with Gasteiger partial charge in [0, 0.05) is 18.7 Å². The topological polar surface area (TPSA) is 93.5 Å². The maximum absolute atomic E-state index is 12.5. The number of amides is 4. The Morgan fingerprint density at radius 3 is 2.86 bits per heavy atom. The van der Waals surface area contributed by atoms with Crippen molar-refractivity contribution in [2.24, 2.45) is 0 Å². The van der Waals surface area contributed by atoms with E-state index in [0.717, 1.165) is 0 Å². The van der Waals surface area contributed by atoms with Gasteiger partial charge in [-0.1, -0.05) is 6.07 Å². The number of hydrogen-bond acceptors (Lipinski definition) is 4. The van der Waals surface area contributed by atoms with E-state index in [2.05, 4.69) is 5.32 Å². The number of nitrogens with one attached hydrogen (secondary N) is 1. The summed E-state index contributed by atoms with van der Waals surface area (Å²) in [5.74, 6) is -0.442. The Morgan fingerprint density at radius 1 is 1.36 bits per heavy atom. The third kappa shape index (κ3) is 2.39. The van der Waals surface area contributed by atoms with Gasteiger partial charge in [0.15, 0.2) is 0 Å². The molecule has 4 amide bonds. The van der Waals surface area contributed by atoms with E-state index < -0.39 is 6.03 Å². The van der Waals surface area contributed by atoms with Crippen LogP contribution in [-0.4, -0.2) is 53.3 Å². The second-order valence-electron chi connectivity index (χ2n) is 5.31. The number of urea groups is 1. The van der Waals surface area contributed by atoms with Crippen molar-refractivity contribution in [3.63, 3.8) is 0 Å². The molecule has 112 valence electrons. The summed E-state index contributed by atoms with van der Waals surface area (Å²) in [6, 6.07) is 7.83. The van der Waals surface area contributed by atoms with Crippen LogP contribution in [-0.2, 0) is 4.79 Å². The van der Waals surface area contributed by atoms with E-state index in [1.165, 1.54) is 4.90 Å². The summed E-state index contributed by atoms with van der Waals surface area (Å²) >= 11 is 0. The van der Waals surface area contributed by atoms with Gasteiger partial charge < -0.3 is 10.2 Å². The average Bonchev–Trinajstić information content (AvgIpc) is 3.13. The van der Waals surface area contributed by atoms with Crippen LogP contribution in [0.15, 0.2) is 24.3 Å². The summed E-state index contributed by atoms with van der Waals surface area (Å²) in [7, 11) is 0. The lowest BCUT2D eigenvalue weighted by molar-refractivity contribution is -0.126. The van der Waals surface area contributed by atoms with Crippen molar-refractivity contribution in [1.82, 2.24) is 15.1 Å². The van der Waals surface area contributed by atoms with Crippen LogP contribution in [0.1, 0.15) is 22.3 Å². The van der Waals surface area contributed by atoms with Crippen molar-refractivity contribution >= 4 is 17.8 Å². The van der Waals surface area contributed by atoms with E-state index in [1.807, 2.05) is 6.07 Å². The summed E-state index contributed by atoms with van der Waals surface area (Å²) in [5.41, 5.74) is 0.868. The maximum atomic E-state index is 12.5. The van der Waals surface area contributed by atoms with E-state index in [9.17, 15) is 14.4 Å². The van der Waals surface area contributed by atoms with Gasteiger partial charge in [0.05, 0.1) is 24.2 Å². The van der Waals surface area contributed by atoms with Crippen LogP contribution >= 0.6 is 0 Å². The fraction of sp³-hybridized carbons (Fsp3) is 0.333. The van der Waals surface area contributed by atoms with E-state index in [0.29, 0.717) is 30.6 Å². The highest BCUT2D eigenvalue weighted by molar-refractivity contribution is 6.02. The normalized spacial score (nSPS) is 21.0. The van der Waals surface area contributed by atoms with Crippen molar-refractivity contribution in [3.8, 4) is 6.07 Å². The highest BCUT2D eigenvalue weighted by atomic mass is 16.2. The molecule has 0 bridgehead atoms. The number of carbonyl (C=O) groups excluding carboxylic acids is 3. The van der Waals surface area contributed by atoms with Gasteiger partial charge in [-0.2, -0.15) is 5.26 Å². The minimum atomic E-state index is -0.393. The molecule has 2 fully saturated rings. The lowest BCUT2D eigenvalue weighted by atomic mass is 10.1. The Bertz CT molecular complexity index is 678. The molecular weight excluding hydrogens is 284 g/mol. The van der Waals surface area contributed by atoms with Gasteiger partial charge in [0.25, 0.3) is 5.91 Å². The summed E-state index contributed by atoms with van der Waals surface area (Å²) < 4.78 is 0. The third-order valence-corrected chi connectivity index (χ3v) is 3.93. The molecule has 22 heavy (non-hydrogen) atoms. The molecule has 2 aliphatic rings. The Balaban J connectivity index is 1.72. The van der Waals surface area contributed by atoms with Crippen LogP contribution in [0.2, 0.25) is 0 Å². The number of benzene rings is 1. The molecule has 1 aromatic rings. The van der Waals surface area contributed by atoms with Gasteiger partial charge in [-0.25, -0.2) is 4.79 Å². The molecule has 0 aliphatic carbocycles. The predicted octanol–water partition coefficient (Wildman–Crippen LogP) is 0.325. The van der Waals surface area contributed by atoms with Crippen LogP contribution in [0.5, 0.6) is 0 Å². The molecular formula is C15H14N4O3. The first-order valence-electron chi connectivity index (χ1n) is 6.99. The molecule has 0 spiro atoms. The standard InChI is InChI=1S/C15H14N4O3/c16-7-10-2-1-3-11(6-10)14(21)18-5-4-12(9-18)19-13(20)8-17-15(19)22/h1-3,6,12H,4-5,8-9H2,(H,17,22)/t12-/m0/s1. The van der Waals surface area contributed by atoms with Crippen molar-refractivity contribution in [1.29, 1.82) is 5.26 Å². The second kappa shape index (κ2) is 5.48. The van der Waals surface area contributed by atoms with Gasteiger partial charge >= 0.3 is 6.03 Å². The second-order valence-corrected chi connectivity index (χ2v) is 5.31. The molecule has 1 aromatic carbocycles. The number of likely N-dealkylation sites (tertiary alicyclic amines) is 1. The van der Waals surface area contributed by atoms with Crippen LogP contribution in [0.4, 0.5) is 4.79 Å². The van der Waals surface area contributed by atoms with Crippen LogP contribution in [0, 0.1) is 11.3 Å². The Labute approximate surface area is 127 Å². The van der Waals surface area contributed by atoms with Crippen molar-refractivity contribution < 1.29 is 14.4 Å². The van der Waals surface area contributed by atoms with Crippen LogP contribution in [0.3, 0.4) is 0 Å². The third-order valence-electron chi connectivity index (χ3n) is 3.93. The molecule has 3 rings (SSSR count). The summed E-state index contributed by atoms with van der Waals surface area (Å²) in [6.45, 7) is 0.833. The zero-order valence-electron chi connectivity index (χ0n) is 11.8. The molecule has 0 saturated carbocycles. The van der Waals surface area contributed by atoms with Crippen molar-refractivity contribution in [3.05, 3.63) is 35.4 Å². The molecule has 0 radical (unpaired) electrons. The molecule has 2 aliphatic heterocycles. The average molecular weight is 298 g/mol. The summed E-state index contributed by atoms with van der Waals surface area (Å²) in [4.78, 5) is 38.6.